The molecule has 0 spiro atoms. The van der Waals surface area contributed by atoms with E-state index in [0.29, 0.717) is 30.8 Å². The molecule has 1 aromatic carbocycles. The molecular formula is C13H21N3O2. The highest BCUT2D eigenvalue weighted by atomic mass is 16.5. The second kappa shape index (κ2) is 6.74. The molecule has 1 amide bonds. The summed E-state index contributed by atoms with van der Waals surface area (Å²) >= 11 is 0. The van der Waals surface area contributed by atoms with Crippen LogP contribution in [0.25, 0.3) is 0 Å². The number of carbonyl (C=O) groups is 1. The highest BCUT2D eigenvalue weighted by Gasteiger charge is 2.07. The Kier molecular flexibility index (Phi) is 5.30. The van der Waals surface area contributed by atoms with Crippen molar-refractivity contribution in [2.24, 2.45) is 5.73 Å². The van der Waals surface area contributed by atoms with Gasteiger partial charge >= 0.3 is 0 Å². The zero-order chi connectivity index (χ0) is 13.5. The number of anilines is 2. The Bertz CT molecular complexity index is 405. The number of hydrogen-bond acceptors (Lipinski definition) is 4. The number of carbonyl (C=O) groups excluding carboxylic acids is 1. The van der Waals surface area contributed by atoms with Gasteiger partial charge in [0.15, 0.2) is 0 Å². The van der Waals surface area contributed by atoms with E-state index in [1.54, 1.807) is 0 Å². The second-order valence-corrected chi connectivity index (χ2v) is 4.38. The van der Waals surface area contributed by atoms with E-state index < -0.39 is 0 Å². The molecule has 0 heterocycles. The normalized spacial score (nSPS) is 10.4. The van der Waals surface area contributed by atoms with Crippen molar-refractivity contribution in [3.05, 3.63) is 18.2 Å². The molecule has 0 radical (unpaired) electrons. The fourth-order valence-corrected chi connectivity index (χ4v) is 1.54. The SMILES string of the molecule is CC(C)Oc1cccc(NCCCC(N)=O)c1N. The molecule has 0 bridgehead atoms. The molecule has 100 valence electrons. The fraction of sp³-hybridized carbons (Fsp3) is 0.462. The first-order valence-electron chi connectivity index (χ1n) is 6.08. The molecule has 0 aliphatic rings. The Labute approximate surface area is 107 Å². The van der Waals surface area contributed by atoms with Crippen LogP contribution in [0.5, 0.6) is 5.75 Å². The van der Waals surface area contributed by atoms with E-state index in [9.17, 15) is 4.79 Å². The molecule has 0 saturated carbocycles. The minimum Gasteiger partial charge on any atom is -0.489 e. The van der Waals surface area contributed by atoms with Crippen LogP contribution < -0.4 is 21.5 Å². The Morgan fingerprint density at radius 3 is 2.78 bits per heavy atom. The lowest BCUT2D eigenvalue weighted by Gasteiger charge is -2.15. The fourth-order valence-electron chi connectivity index (χ4n) is 1.54. The van der Waals surface area contributed by atoms with Crippen LogP contribution in [0.1, 0.15) is 26.7 Å². The zero-order valence-corrected chi connectivity index (χ0v) is 10.9. The van der Waals surface area contributed by atoms with Crippen molar-refractivity contribution in [2.75, 3.05) is 17.6 Å². The van der Waals surface area contributed by atoms with Crippen LogP contribution in [0.3, 0.4) is 0 Å². The number of nitrogens with two attached hydrogens (primary N) is 2. The van der Waals surface area contributed by atoms with Crippen molar-refractivity contribution in [2.45, 2.75) is 32.8 Å². The molecule has 0 unspecified atom stereocenters. The van der Waals surface area contributed by atoms with Crippen molar-refractivity contribution in [3.8, 4) is 5.75 Å². The van der Waals surface area contributed by atoms with Gasteiger partial charge < -0.3 is 21.5 Å². The van der Waals surface area contributed by atoms with Gasteiger partial charge in [0.25, 0.3) is 0 Å². The van der Waals surface area contributed by atoms with E-state index in [2.05, 4.69) is 5.32 Å². The summed E-state index contributed by atoms with van der Waals surface area (Å²) in [7, 11) is 0. The van der Waals surface area contributed by atoms with Gasteiger partial charge in [-0.15, -0.1) is 0 Å². The summed E-state index contributed by atoms with van der Waals surface area (Å²) in [6.45, 7) is 4.55. The van der Waals surface area contributed by atoms with E-state index in [1.165, 1.54) is 0 Å². The Morgan fingerprint density at radius 1 is 1.44 bits per heavy atom. The minimum absolute atomic E-state index is 0.0809. The van der Waals surface area contributed by atoms with E-state index in [-0.39, 0.29) is 12.0 Å². The second-order valence-electron chi connectivity index (χ2n) is 4.38. The van der Waals surface area contributed by atoms with Gasteiger partial charge in [-0.05, 0) is 32.4 Å². The number of nitrogen functional groups attached to an aromatic ring is 1. The summed E-state index contributed by atoms with van der Waals surface area (Å²) in [5.41, 5.74) is 12.5. The number of hydrogen-bond donors (Lipinski definition) is 3. The molecule has 0 aliphatic heterocycles. The minimum atomic E-state index is -0.290. The number of nitrogens with one attached hydrogen (secondary N) is 1. The number of benzene rings is 1. The number of para-hydroxylation sites is 1. The maximum atomic E-state index is 10.6. The van der Waals surface area contributed by atoms with Gasteiger partial charge in [-0.3, -0.25) is 4.79 Å². The standard InChI is InChI=1S/C13H21N3O2/c1-9(2)18-11-6-3-5-10(13(11)15)16-8-4-7-12(14)17/h3,5-6,9,16H,4,7-8,15H2,1-2H3,(H2,14,17). The molecule has 0 aromatic heterocycles. The first kappa shape index (κ1) is 14.2. The largest absolute Gasteiger partial charge is 0.489 e. The average Bonchev–Trinajstić information content (AvgIpc) is 2.28. The summed E-state index contributed by atoms with van der Waals surface area (Å²) in [6.07, 6.45) is 1.14. The highest BCUT2D eigenvalue weighted by molar-refractivity contribution is 5.74. The van der Waals surface area contributed by atoms with Crippen molar-refractivity contribution < 1.29 is 9.53 Å². The lowest BCUT2D eigenvalue weighted by atomic mass is 10.2. The predicted molar refractivity (Wildman–Crippen MR) is 73.5 cm³/mol. The van der Waals surface area contributed by atoms with Crippen LogP contribution >= 0.6 is 0 Å². The predicted octanol–water partition coefficient (Wildman–Crippen LogP) is 1.73. The average molecular weight is 251 g/mol. The number of primary amides is 1. The Hall–Kier alpha value is -1.91. The molecule has 18 heavy (non-hydrogen) atoms. The van der Waals surface area contributed by atoms with Gasteiger partial charge in [0.05, 0.1) is 17.5 Å². The van der Waals surface area contributed by atoms with Gasteiger partial charge in [0.1, 0.15) is 5.75 Å². The third-order valence-corrected chi connectivity index (χ3v) is 2.34. The maximum Gasteiger partial charge on any atom is 0.217 e. The van der Waals surface area contributed by atoms with Gasteiger partial charge in [-0.25, -0.2) is 0 Å². The topological polar surface area (TPSA) is 90.4 Å². The zero-order valence-electron chi connectivity index (χ0n) is 10.9. The highest BCUT2D eigenvalue weighted by Crippen LogP contribution is 2.29. The van der Waals surface area contributed by atoms with Gasteiger partial charge in [0, 0.05) is 13.0 Å². The smallest absolute Gasteiger partial charge is 0.217 e. The molecule has 1 rings (SSSR count). The summed E-state index contributed by atoms with van der Waals surface area (Å²) in [4.78, 5) is 10.6. The van der Waals surface area contributed by atoms with Crippen LogP contribution in [0.2, 0.25) is 0 Å². The molecule has 0 atom stereocenters. The summed E-state index contributed by atoms with van der Waals surface area (Å²) < 4.78 is 5.59. The first-order valence-corrected chi connectivity index (χ1v) is 6.08. The van der Waals surface area contributed by atoms with Crippen LogP contribution in [0, 0.1) is 0 Å². The monoisotopic (exact) mass is 251 g/mol. The number of rotatable bonds is 7. The van der Waals surface area contributed by atoms with Gasteiger partial charge in [-0.2, -0.15) is 0 Å². The van der Waals surface area contributed by atoms with Crippen molar-refractivity contribution in [3.63, 3.8) is 0 Å². The van der Waals surface area contributed by atoms with Crippen LogP contribution in [-0.2, 0) is 4.79 Å². The molecular weight excluding hydrogens is 230 g/mol. The molecule has 0 saturated heterocycles. The molecule has 5 heteroatoms. The molecule has 0 aliphatic carbocycles. The maximum absolute atomic E-state index is 10.6. The molecule has 5 N–H and O–H groups in total. The summed E-state index contributed by atoms with van der Waals surface area (Å²) in [6, 6.07) is 5.60. The molecule has 0 fully saturated rings. The lowest BCUT2D eigenvalue weighted by Crippen LogP contribution is -2.13. The van der Waals surface area contributed by atoms with Gasteiger partial charge in [-0.1, -0.05) is 6.07 Å². The Morgan fingerprint density at radius 2 is 2.17 bits per heavy atom. The third kappa shape index (κ3) is 4.53. The van der Waals surface area contributed by atoms with E-state index in [1.807, 2.05) is 32.0 Å². The van der Waals surface area contributed by atoms with Gasteiger partial charge in [0.2, 0.25) is 5.91 Å². The van der Waals surface area contributed by atoms with Crippen LogP contribution in [0.4, 0.5) is 11.4 Å². The summed E-state index contributed by atoms with van der Waals surface area (Å²) in [5.74, 6) is 0.381. The van der Waals surface area contributed by atoms with Crippen LogP contribution in [0.15, 0.2) is 18.2 Å². The van der Waals surface area contributed by atoms with E-state index in [0.717, 1.165) is 5.69 Å². The Balaban J connectivity index is 2.57. The third-order valence-electron chi connectivity index (χ3n) is 2.34. The van der Waals surface area contributed by atoms with Crippen molar-refractivity contribution >= 4 is 17.3 Å². The quantitative estimate of drug-likeness (QED) is 0.508. The molecule has 5 nitrogen and oxygen atoms in total. The van der Waals surface area contributed by atoms with E-state index in [4.69, 9.17) is 16.2 Å². The van der Waals surface area contributed by atoms with Crippen molar-refractivity contribution in [1.82, 2.24) is 0 Å². The molecule has 1 aromatic rings. The van der Waals surface area contributed by atoms with E-state index >= 15 is 0 Å². The summed E-state index contributed by atoms with van der Waals surface area (Å²) in [5, 5.41) is 3.17. The van der Waals surface area contributed by atoms with Crippen molar-refractivity contribution in [1.29, 1.82) is 0 Å². The van der Waals surface area contributed by atoms with Crippen LogP contribution in [-0.4, -0.2) is 18.6 Å². The number of amides is 1. The first-order chi connectivity index (χ1) is 8.50. The number of ether oxygens (including phenoxy) is 1. The lowest BCUT2D eigenvalue weighted by molar-refractivity contribution is -0.118.